The van der Waals surface area contributed by atoms with Crippen molar-refractivity contribution in [2.75, 3.05) is 18.5 Å². The van der Waals surface area contributed by atoms with E-state index in [-0.39, 0.29) is 0 Å². The molecule has 4 rings (SSSR count). The van der Waals surface area contributed by atoms with Crippen LogP contribution in [-0.4, -0.2) is 37.0 Å². The van der Waals surface area contributed by atoms with Gasteiger partial charge in [-0.1, -0.05) is 19.1 Å². The number of rotatable bonds is 6. The Bertz CT molecular complexity index is 1080. The van der Waals surface area contributed by atoms with E-state index in [1.807, 2.05) is 11.4 Å². The van der Waals surface area contributed by atoms with E-state index in [9.17, 15) is 8.42 Å². The summed E-state index contributed by atoms with van der Waals surface area (Å²) >= 11 is 1.40. The van der Waals surface area contributed by atoms with Gasteiger partial charge in [0.25, 0.3) is 0 Å². The highest BCUT2D eigenvalue weighted by atomic mass is 32.2. The van der Waals surface area contributed by atoms with Crippen molar-refractivity contribution in [2.45, 2.75) is 24.7 Å². The molecule has 0 radical (unpaired) electrons. The molecule has 1 N–H and O–H groups in total. The zero-order chi connectivity index (χ0) is 20.3. The van der Waals surface area contributed by atoms with Crippen molar-refractivity contribution < 1.29 is 12.8 Å². The Labute approximate surface area is 174 Å². The number of aromatic nitrogens is 1. The van der Waals surface area contributed by atoms with Crippen LogP contribution in [0.25, 0.3) is 11.3 Å². The molecule has 9 heteroatoms. The van der Waals surface area contributed by atoms with Crippen molar-refractivity contribution >= 4 is 32.7 Å². The highest BCUT2D eigenvalue weighted by Gasteiger charge is 2.28. The lowest BCUT2D eigenvalue weighted by atomic mass is 10.0. The second-order valence-corrected chi connectivity index (χ2v) is 9.83. The molecule has 0 aliphatic carbocycles. The topological polar surface area (TPSA) is 87.8 Å². The van der Waals surface area contributed by atoms with Gasteiger partial charge in [0.2, 0.25) is 15.2 Å². The number of furan rings is 1. The summed E-state index contributed by atoms with van der Waals surface area (Å²) in [6, 6.07) is 10.6. The molecule has 2 aromatic heterocycles. The lowest BCUT2D eigenvalue weighted by Crippen LogP contribution is -2.37. The summed E-state index contributed by atoms with van der Waals surface area (Å²) < 4.78 is 32.8. The van der Waals surface area contributed by atoms with Crippen molar-refractivity contribution in [3.63, 3.8) is 0 Å². The van der Waals surface area contributed by atoms with Crippen molar-refractivity contribution in [2.24, 2.45) is 11.0 Å². The van der Waals surface area contributed by atoms with Crippen molar-refractivity contribution in [1.29, 1.82) is 0 Å². The number of sulfonamides is 1. The summed E-state index contributed by atoms with van der Waals surface area (Å²) in [6.45, 7) is 3.31. The minimum Gasteiger partial charge on any atom is -0.463 e. The van der Waals surface area contributed by atoms with Gasteiger partial charge >= 0.3 is 0 Å². The fourth-order valence-corrected chi connectivity index (χ4v) is 5.35. The zero-order valence-electron chi connectivity index (χ0n) is 16.0. The molecule has 0 atom stereocenters. The molecule has 1 saturated heterocycles. The number of hydrazone groups is 1. The maximum Gasteiger partial charge on any atom is 0.243 e. The van der Waals surface area contributed by atoms with Crippen LogP contribution in [0, 0.1) is 5.92 Å². The molecule has 0 unspecified atom stereocenters. The van der Waals surface area contributed by atoms with E-state index >= 15 is 0 Å². The number of hydrogen-bond donors (Lipinski definition) is 1. The van der Waals surface area contributed by atoms with E-state index in [4.69, 9.17) is 4.42 Å². The second-order valence-electron chi connectivity index (χ2n) is 7.04. The first-order valence-electron chi connectivity index (χ1n) is 9.41. The number of hydrogen-bond acceptors (Lipinski definition) is 7. The van der Waals surface area contributed by atoms with Crippen LogP contribution in [0.2, 0.25) is 0 Å². The molecule has 1 fully saturated rings. The summed E-state index contributed by atoms with van der Waals surface area (Å²) in [5.74, 6) is 1.21. The van der Waals surface area contributed by atoms with Crippen LogP contribution in [0.4, 0.5) is 5.13 Å². The maximum absolute atomic E-state index is 13.0. The van der Waals surface area contributed by atoms with Gasteiger partial charge in [-0.2, -0.15) is 9.41 Å². The van der Waals surface area contributed by atoms with E-state index in [1.165, 1.54) is 11.3 Å². The zero-order valence-corrected chi connectivity index (χ0v) is 17.6. The van der Waals surface area contributed by atoms with Gasteiger partial charge < -0.3 is 4.42 Å². The molecule has 0 amide bonds. The molecule has 0 spiro atoms. The Morgan fingerprint density at radius 1 is 1.28 bits per heavy atom. The molecular weight excluding hydrogens is 408 g/mol. The van der Waals surface area contributed by atoms with E-state index in [0.29, 0.717) is 40.5 Å². The highest BCUT2D eigenvalue weighted by Crippen LogP contribution is 2.29. The van der Waals surface area contributed by atoms with E-state index in [0.717, 1.165) is 18.4 Å². The lowest BCUT2D eigenvalue weighted by molar-refractivity contribution is 0.288. The van der Waals surface area contributed by atoms with Crippen LogP contribution < -0.4 is 5.43 Å². The van der Waals surface area contributed by atoms with Crippen LogP contribution in [-0.2, 0) is 10.0 Å². The normalized spacial score (nSPS) is 16.4. The predicted molar refractivity (Wildman–Crippen MR) is 115 cm³/mol. The van der Waals surface area contributed by atoms with Gasteiger partial charge in [0.05, 0.1) is 23.1 Å². The van der Waals surface area contributed by atoms with E-state index < -0.39 is 10.0 Å². The van der Waals surface area contributed by atoms with Crippen molar-refractivity contribution in [3.05, 3.63) is 53.8 Å². The SMILES string of the molecule is CC1CCN(S(=O)(=O)c2cccc(-c3csc(NN=Cc4ccco4)n3)c2)CC1. The molecule has 0 bridgehead atoms. The molecule has 1 aromatic carbocycles. The summed E-state index contributed by atoms with van der Waals surface area (Å²) in [5.41, 5.74) is 4.33. The number of nitrogens with zero attached hydrogens (tertiary/aromatic N) is 3. The molecule has 7 nitrogen and oxygen atoms in total. The van der Waals surface area contributed by atoms with Crippen LogP contribution in [0.1, 0.15) is 25.5 Å². The monoisotopic (exact) mass is 430 g/mol. The third-order valence-corrected chi connectivity index (χ3v) is 7.55. The van der Waals surface area contributed by atoms with Gasteiger partial charge in [-0.15, -0.1) is 11.3 Å². The second kappa shape index (κ2) is 8.48. The third-order valence-electron chi connectivity index (χ3n) is 4.91. The fraction of sp³-hybridized carbons (Fsp3) is 0.300. The van der Waals surface area contributed by atoms with Gasteiger partial charge in [-0.3, -0.25) is 5.43 Å². The Hall–Kier alpha value is -2.49. The number of nitrogens with one attached hydrogen (secondary N) is 1. The Morgan fingerprint density at radius 2 is 2.10 bits per heavy atom. The predicted octanol–water partition coefficient (Wildman–Crippen LogP) is 4.27. The lowest BCUT2D eigenvalue weighted by Gasteiger charge is -2.29. The molecule has 152 valence electrons. The van der Waals surface area contributed by atoms with E-state index in [2.05, 4.69) is 22.4 Å². The Balaban J connectivity index is 1.49. The molecule has 29 heavy (non-hydrogen) atoms. The Kier molecular flexibility index (Phi) is 5.79. The molecule has 3 heterocycles. The van der Waals surface area contributed by atoms with Crippen molar-refractivity contribution in [3.8, 4) is 11.3 Å². The molecular formula is C20H22N4O3S2. The minimum atomic E-state index is -3.49. The number of thiazole rings is 1. The number of benzene rings is 1. The molecule has 0 saturated carbocycles. The van der Waals surface area contributed by atoms with Crippen LogP contribution in [0.5, 0.6) is 0 Å². The van der Waals surface area contributed by atoms with E-state index in [1.54, 1.807) is 47.1 Å². The molecule has 1 aliphatic rings. The molecule has 3 aromatic rings. The number of piperidine rings is 1. The third kappa shape index (κ3) is 4.58. The van der Waals surface area contributed by atoms with Gasteiger partial charge in [0.1, 0.15) is 5.76 Å². The molecule has 1 aliphatic heterocycles. The van der Waals surface area contributed by atoms with Gasteiger partial charge in [-0.05, 0) is 43.0 Å². The fourth-order valence-electron chi connectivity index (χ4n) is 3.16. The summed E-state index contributed by atoms with van der Waals surface area (Å²) in [5, 5.41) is 6.58. The quantitative estimate of drug-likeness (QED) is 0.466. The highest BCUT2D eigenvalue weighted by molar-refractivity contribution is 7.89. The van der Waals surface area contributed by atoms with Crippen LogP contribution >= 0.6 is 11.3 Å². The standard InChI is InChI=1S/C20H22N4O3S2/c1-15-7-9-24(10-8-15)29(25,26)18-6-2-4-16(12-18)19-14-28-20(22-19)23-21-13-17-5-3-11-27-17/h2-6,11-15H,7-10H2,1H3,(H,22,23). The van der Waals surface area contributed by atoms with Crippen molar-refractivity contribution in [1.82, 2.24) is 9.29 Å². The average Bonchev–Trinajstić information content (AvgIpc) is 3.41. The first kappa shape index (κ1) is 19.8. The maximum atomic E-state index is 13.0. The largest absolute Gasteiger partial charge is 0.463 e. The summed E-state index contributed by atoms with van der Waals surface area (Å²) in [6.07, 6.45) is 4.94. The first-order chi connectivity index (χ1) is 14.0. The summed E-state index contributed by atoms with van der Waals surface area (Å²) in [4.78, 5) is 4.81. The summed E-state index contributed by atoms with van der Waals surface area (Å²) in [7, 11) is -3.49. The van der Waals surface area contributed by atoms with Gasteiger partial charge in [0, 0.05) is 24.0 Å². The van der Waals surface area contributed by atoms with Gasteiger partial charge in [-0.25, -0.2) is 13.4 Å². The van der Waals surface area contributed by atoms with Crippen LogP contribution in [0.3, 0.4) is 0 Å². The average molecular weight is 431 g/mol. The van der Waals surface area contributed by atoms with Crippen LogP contribution in [0.15, 0.2) is 62.5 Å². The number of anilines is 1. The van der Waals surface area contributed by atoms with Gasteiger partial charge in [0.15, 0.2) is 0 Å². The Morgan fingerprint density at radius 3 is 2.86 bits per heavy atom. The smallest absolute Gasteiger partial charge is 0.243 e. The minimum absolute atomic E-state index is 0.308. The first-order valence-corrected chi connectivity index (χ1v) is 11.7.